The van der Waals surface area contributed by atoms with E-state index in [4.69, 9.17) is 18.9 Å². The van der Waals surface area contributed by atoms with Crippen LogP contribution >= 0.6 is 0 Å². The molecule has 0 spiro atoms. The molecule has 72 heavy (non-hydrogen) atoms. The second-order valence-corrected chi connectivity index (χ2v) is 28.0. The molecule has 0 saturated heterocycles. The van der Waals surface area contributed by atoms with Crippen LogP contribution in [0.1, 0.15) is 183 Å². The van der Waals surface area contributed by atoms with Crippen molar-refractivity contribution in [2.45, 2.75) is 234 Å². The molecule has 0 aromatic carbocycles. The standard InChI is InChI=1S/C15H22O4.2C15H22O3.C14H20O3/c1-9(2)12(16)19-15-6-11-4-13(17,8-15)7-14(18,5-11)10(15)3;1-9(2)13(16)18-15-7-11-4-12(8-15)6-14(17,5-11)10(15)3;1-4-11(16)18-15-8-12(2)5-13(3,9-15)7-14(17,6-12)10-15;1-3-12(15)17-14-7-10-4-11(8-14)6-13(16,5-10)9(14)2/h10-11,17-18H,1,4-8H2,2-3H3;10-12,17H,1,4-8H2,2-3H3;4,17H,1,5-10H2,2-3H3;3,9-11,16H,1,4-8H2,2H3. The Morgan fingerprint density at radius 1 is 0.444 bits per heavy atom. The molecule has 0 radical (unpaired) electrons. The minimum absolute atomic E-state index is 0.0427. The number of rotatable bonds is 8. The van der Waals surface area contributed by atoms with Crippen LogP contribution in [0.2, 0.25) is 0 Å². The fourth-order valence-electron chi connectivity index (χ4n) is 20.1. The molecule has 0 heterocycles. The molecule has 0 aromatic rings. The van der Waals surface area contributed by atoms with Crippen molar-refractivity contribution < 1.29 is 63.7 Å². The van der Waals surface area contributed by atoms with E-state index in [1.54, 1.807) is 13.8 Å². The van der Waals surface area contributed by atoms with Gasteiger partial charge in [0.2, 0.25) is 0 Å². The van der Waals surface area contributed by atoms with Crippen molar-refractivity contribution >= 4 is 23.9 Å². The van der Waals surface area contributed by atoms with Gasteiger partial charge in [0.1, 0.15) is 22.4 Å². The van der Waals surface area contributed by atoms with E-state index < -0.39 is 56.4 Å². The first-order valence-corrected chi connectivity index (χ1v) is 27.3. The van der Waals surface area contributed by atoms with Crippen molar-refractivity contribution in [3.63, 3.8) is 0 Å². The molecular formula is C59H86O13. The highest BCUT2D eigenvalue weighted by molar-refractivity contribution is 5.88. The molecule has 13 unspecified atom stereocenters. The second-order valence-electron chi connectivity index (χ2n) is 28.0. The van der Waals surface area contributed by atoms with Gasteiger partial charge in [-0.25, -0.2) is 19.2 Å². The van der Waals surface area contributed by atoms with E-state index in [2.05, 4.69) is 40.2 Å². The lowest BCUT2D eigenvalue weighted by atomic mass is 9.42. The Morgan fingerprint density at radius 2 is 0.833 bits per heavy atom. The monoisotopic (exact) mass is 1000 g/mol. The van der Waals surface area contributed by atoms with Crippen molar-refractivity contribution in [3.05, 3.63) is 49.6 Å². The molecule has 16 aliphatic rings. The van der Waals surface area contributed by atoms with E-state index in [0.717, 1.165) is 89.9 Å². The van der Waals surface area contributed by atoms with Crippen LogP contribution in [0.5, 0.6) is 0 Å². The van der Waals surface area contributed by atoms with Gasteiger partial charge in [0.25, 0.3) is 0 Å². The van der Waals surface area contributed by atoms with Crippen LogP contribution in [0, 0.1) is 58.2 Å². The van der Waals surface area contributed by atoms with Crippen molar-refractivity contribution in [2.75, 3.05) is 0 Å². The third-order valence-electron chi connectivity index (χ3n) is 21.2. The molecule has 0 amide bonds. The van der Waals surface area contributed by atoms with Crippen LogP contribution in [0.4, 0.5) is 0 Å². The largest absolute Gasteiger partial charge is 0.456 e. The minimum Gasteiger partial charge on any atom is -0.456 e. The molecule has 16 aliphatic carbocycles. The van der Waals surface area contributed by atoms with Crippen LogP contribution in [-0.4, -0.2) is 99.8 Å². The molecule has 16 fully saturated rings. The van der Waals surface area contributed by atoms with Crippen LogP contribution in [0.25, 0.3) is 0 Å². The van der Waals surface area contributed by atoms with E-state index in [1.807, 2.05) is 20.8 Å². The topological polar surface area (TPSA) is 206 Å². The zero-order chi connectivity index (χ0) is 52.7. The number of ether oxygens (including phenoxy) is 4. The molecule has 13 heteroatoms. The van der Waals surface area contributed by atoms with Crippen LogP contribution in [-0.2, 0) is 38.1 Å². The summed E-state index contributed by atoms with van der Waals surface area (Å²) in [6, 6.07) is 0. The van der Waals surface area contributed by atoms with Crippen molar-refractivity contribution in [2.24, 2.45) is 58.2 Å². The van der Waals surface area contributed by atoms with Gasteiger partial charge in [-0.05, 0) is 170 Å². The molecule has 0 aromatic heterocycles. The van der Waals surface area contributed by atoms with Gasteiger partial charge >= 0.3 is 23.9 Å². The SMILES string of the molecule is C=C(C)C(=O)OC12CC3CC(CC(O)(C3)C1C)C2.C=C(C)C(=O)OC12CC3CC(O)(CC(O)(C3)C1C)C2.C=CC(=O)OC12CC3(C)CC(C)(CC(O)(C3)C1)C2.C=CC(=O)OC12CC3CC(CC(O)(C3)C1C)C2. The molecule has 5 N–H and O–H groups in total. The summed E-state index contributed by atoms with van der Waals surface area (Å²) in [4.78, 5) is 46.9. The fourth-order valence-corrected chi connectivity index (χ4v) is 20.1. The van der Waals surface area contributed by atoms with Gasteiger partial charge in [-0.15, -0.1) is 0 Å². The van der Waals surface area contributed by atoms with Gasteiger partial charge in [-0.3, -0.25) is 0 Å². The molecule has 16 rings (SSSR count). The van der Waals surface area contributed by atoms with Gasteiger partial charge in [0.05, 0.1) is 28.0 Å². The summed E-state index contributed by atoms with van der Waals surface area (Å²) in [6.45, 7) is 28.0. The third kappa shape index (κ3) is 9.31. The third-order valence-corrected chi connectivity index (χ3v) is 21.2. The lowest BCUT2D eigenvalue weighted by molar-refractivity contribution is -0.289. The molecule has 16 saturated carbocycles. The van der Waals surface area contributed by atoms with Crippen LogP contribution in [0.3, 0.4) is 0 Å². The van der Waals surface area contributed by atoms with Crippen molar-refractivity contribution in [3.8, 4) is 0 Å². The number of hydrogen-bond acceptors (Lipinski definition) is 13. The van der Waals surface area contributed by atoms with E-state index >= 15 is 0 Å². The zero-order valence-corrected chi connectivity index (χ0v) is 44.5. The Balaban J connectivity index is 0.000000119. The van der Waals surface area contributed by atoms with E-state index in [0.29, 0.717) is 66.9 Å². The average Bonchev–Trinajstić information content (AvgIpc) is 3.21. The summed E-state index contributed by atoms with van der Waals surface area (Å²) in [5, 5.41) is 53.7. The van der Waals surface area contributed by atoms with Gasteiger partial charge in [0.15, 0.2) is 0 Å². The number of aliphatic hydroxyl groups is 5. The molecule has 13 nitrogen and oxygen atoms in total. The number of hydrogen-bond donors (Lipinski definition) is 5. The highest BCUT2D eigenvalue weighted by Gasteiger charge is 2.70. The van der Waals surface area contributed by atoms with E-state index in [1.165, 1.54) is 25.0 Å². The summed E-state index contributed by atoms with van der Waals surface area (Å²) in [5.41, 5.74) is -4.64. The highest BCUT2D eigenvalue weighted by atomic mass is 16.6. The van der Waals surface area contributed by atoms with Gasteiger partial charge < -0.3 is 44.5 Å². The smallest absolute Gasteiger partial charge is 0.333 e. The molecule has 13 atom stereocenters. The first-order chi connectivity index (χ1) is 33.2. The summed E-state index contributed by atoms with van der Waals surface area (Å²) in [5.74, 6) is 0.888. The van der Waals surface area contributed by atoms with Crippen LogP contribution in [0.15, 0.2) is 49.6 Å². The van der Waals surface area contributed by atoms with Crippen molar-refractivity contribution in [1.29, 1.82) is 0 Å². The predicted octanol–water partition coefficient (Wildman–Crippen LogP) is 8.61. The van der Waals surface area contributed by atoms with E-state index in [9.17, 15) is 44.7 Å². The normalized spacial score (nSPS) is 51.2. The minimum atomic E-state index is -0.899. The maximum atomic E-state index is 11.9. The maximum absolute atomic E-state index is 11.9. The first-order valence-electron chi connectivity index (χ1n) is 27.3. The molecule has 0 aliphatic heterocycles. The Labute approximate surface area is 427 Å². The molecule has 16 bridgehead atoms. The molecule has 400 valence electrons. The summed E-state index contributed by atoms with van der Waals surface area (Å²) >= 11 is 0. The average molecular weight is 1000 g/mol. The quantitative estimate of drug-likeness (QED) is 0.0879. The lowest BCUT2D eigenvalue weighted by Crippen LogP contribution is -2.71. The Bertz CT molecular complexity index is 2220. The second kappa shape index (κ2) is 17.3. The van der Waals surface area contributed by atoms with Gasteiger partial charge in [-0.1, -0.05) is 60.9 Å². The van der Waals surface area contributed by atoms with Gasteiger partial charge in [-0.2, -0.15) is 0 Å². The Hall–Kier alpha value is -3.36. The predicted molar refractivity (Wildman–Crippen MR) is 268 cm³/mol. The summed E-state index contributed by atoms with van der Waals surface area (Å²) < 4.78 is 22.8. The van der Waals surface area contributed by atoms with Crippen LogP contribution < -0.4 is 0 Å². The fraction of sp³-hybridized carbons (Fsp3) is 0.797. The zero-order valence-electron chi connectivity index (χ0n) is 44.5. The summed E-state index contributed by atoms with van der Waals surface area (Å²) in [6.07, 6.45) is 20.3. The Morgan fingerprint density at radius 3 is 1.25 bits per heavy atom. The van der Waals surface area contributed by atoms with E-state index in [-0.39, 0.29) is 52.4 Å². The Kier molecular flexibility index (Phi) is 12.9. The summed E-state index contributed by atoms with van der Waals surface area (Å²) in [7, 11) is 0. The number of carbonyl (C=O) groups excluding carboxylic acids is 4. The highest BCUT2D eigenvalue weighted by Crippen LogP contribution is 2.69. The van der Waals surface area contributed by atoms with Gasteiger partial charge in [0, 0.05) is 60.3 Å². The number of esters is 4. The first kappa shape index (κ1) is 53.5. The van der Waals surface area contributed by atoms with Crippen molar-refractivity contribution in [1.82, 2.24) is 0 Å². The maximum Gasteiger partial charge on any atom is 0.333 e. The number of carbonyl (C=O) groups is 4. The lowest BCUT2D eigenvalue weighted by Gasteiger charge is -2.67. The molecular weight excluding hydrogens is 917 g/mol.